The molecule has 0 fully saturated rings. The molecule has 0 aliphatic carbocycles. The first kappa shape index (κ1) is 6.81. The van der Waals surface area contributed by atoms with Crippen molar-refractivity contribution >= 4 is 0 Å². The molecule has 9 heavy (non-hydrogen) atoms. The third-order valence-electron chi connectivity index (χ3n) is 0.903. The summed E-state index contributed by atoms with van der Waals surface area (Å²) in [7, 11) is 0. The molecule has 1 aromatic carbocycles. The van der Waals surface area contributed by atoms with E-state index in [9.17, 15) is 2.85 Å². The molecule has 0 N–H and O–H groups in total. The Bertz CT molecular complexity index is 186. The number of hydrogen-bond acceptors (Lipinski definition) is 2. The van der Waals surface area contributed by atoms with Gasteiger partial charge in [0, 0.05) is 0 Å². The molecule has 2 nitrogen and oxygen atoms in total. The van der Waals surface area contributed by atoms with Crippen molar-refractivity contribution in [2.75, 3.05) is 0 Å². The first-order valence-electron chi connectivity index (χ1n) is 2.52. The van der Waals surface area contributed by atoms with Crippen LogP contribution in [-0.4, -0.2) is 0 Å². The van der Waals surface area contributed by atoms with Crippen molar-refractivity contribution in [3.05, 3.63) is 30.3 Å². The number of benzene rings is 1. The average Bonchev–Trinajstić information content (AvgIpc) is 1.91. The second-order valence-electron chi connectivity index (χ2n) is 1.50. The fraction of sp³-hybridized carbons (Fsp3) is 0. The number of rotatable bonds is 2. The van der Waals surface area contributed by atoms with Gasteiger partial charge in [0.15, 0.2) is 0 Å². The Morgan fingerprint density at radius 3 is 2.44 bits per heavy atom. The van der Waals surface area contributed by atoms with E-state index in [1.165, 1.54) is 0 Å². The van der Waals surface area contributed by atoms with Gasteiger partial charge in [-0.25, -0.2) is 0 Å². The second kappa shape index (κ2) is 3.67. The van der Waals surface area contributed by atoms with Gasteiger partial charge >= 0.3 is 65.1 Å². The zero-order valence-electron chi connectivity index (χ0n) is 4.70. The van der Waals surface area contributed by atoms with E-state index in [1.54, 1.807) is 12.1 Å². The van der Waals surface area contributed by atoms with Gasteiger partial charge in [0.2, 0.25) is 0 Å². The normalized spacial score (nSPS) is 8.00. The monoisotopic (exact) mass is 289 g/mol. The second-order valence-corrected chi connectivity index (χ2v) is 2.83. The predicted molar refractivity (Wildman–Crippen MR) is 27.8 cm³/mol. The van der Waals surface area contributed by atoms with Crippen LogP contribution in [0.5, 0.6) is 5.75 Å². The topological polar surface area (TPSA) is 26.3 Å². The van der Waals surface area contributed by atoms with Gasteiger partial charge in [0.25, 0.3) is 0 Å². The van der Waals surface area contributed by atoms with Gasteiger partial charge < -0.3 is 0 Å². The molecule has 0 bridgehead atoms. The van der Waals surface area contributed by atoms with E-state index >= 15 is 0 Å². The average molecular weight is 288 g/mol. The Balaban J connectivity index is 2.72. The Morgan fingerprint density at radius 2 is 1.89 bits per heavy atom. The van der Waals surface area contributed by atoms with Crippen molar-refractivity contribution < 1.29 is 29.1 Å². The molecule has 0 spiro atoms. The molecule has 0 atom stereocenters. The van der Waals surface area contributed by atoms with Crippen molar-refractivity contribution in [1.82, 2.24) is 0 Å². The van der Waals surface area contributed by atoms with Crippen LogP contribution >= 0.6 is 0 Å². The van der Waals surface area contributed by atoms with Crippen LogP contribution < -0.4 is 2.85 Å². The molecule has 1 rings (SSSR count). The molecule has 0 aliphatic rings. The summed E-state index contributed by atoms with van der Waals surface area (Å²) in [6.45, 7) is 0. The van der Waals surface area contributed by atoms with Crippen LogP contribution in [-0.2, 0) is 26.2 Å². The Hall–Kier alpha value is -0.310. The van der Waals surface area contributed by atoms with E-state index in [-0.39, 0.29) is 0 Å². The molecule has 45 valence electrons. The zero-order chi connectivity index (χ0) is 6.53. The van der Waals surface area contributed by atoms with E-state index < -0.39 is 23.3 Å². The predicted octanol–water partition coefficient (Wildman–Crippen LogP) is 1.41. The molecule has 0 radical (unpaired) electrons. The van der Waals surface area contributed by atoms with Crippen molar-refractivity contribution in [2.24, 2.45) is 0 Å². The van der Waals surface area contributed by atoms with E-state index in [4.69, 9.17) is 2.85 Å². The SMILES string of the molecule is [O]=[Hf][O]c1ccccc1. The van der Waals surface area contributed by atoms with Gasteiger partial charge in [0.05, 0.1) is 0 Å². The molecule has 0 aromatic heterocycles. The maximum atomic E-state index is 10.1. The van der Waals surface area contributed by atoms with Gasteiger partial charge in [-0.15, -0.1) is 0 Å². The third kappa shape index (κ3) is 2.18. The fourth-order valence-corrected chi connectivity index (χ4v) is 1.37. The van der Waals surface area contributed by atoms with E-state index in [2.05, 4.69) is 0 Å². The van der Waals surface area contributed by atoms with Gasteiger partial charge in [-0.1, -0.05) is 0 Å². The van der Waals surface area contributed by atoms with Gasteiger partial charge in [0.1, 0.15) is 0 Å². The molecule has 0 unspecified atom stereocenters. The van der Waals surface area contributed by atoms with Crippen LogP contribution in [0.4, 0.5) is 0 Å². The molecular weight excluding hydrogens is 283 g/mol. The van der Waals surface area contributed by atoms with Crippen molar-refractivity contribution in [2.45, 2.75) is 0 Å². The number of para-hydroxylation sites is 1. The number of hydrogen-bond donors (Lipinski definition) is 0. The summed E-state index contributed by atoms with van der Waals surface area (Å²) in [4.78, 5) is 0. The third-order valence-corrected chi connectivity index (χ3v) is 2.05. The zero-order valence-corrected chi connectivity index (χ0v) is 8.30. The first-order valence-corrected chi connectivity index (χ1v) is 5.46. The first-order chi connectivity index (χ1) is 4.43. The van der Waals surface area contributed by atoms with Crippen LogP contribution in [0.3, 0.4) is 0 Å². The molecule has 0 saturated carbocycles. The molecule has 0 amide bonds. The molecule has 0 heterocycles. The van der Waals surface area contributed by atoms with Crippen LogP contribution in [0.1, 0.15) is 0 Å². The minimum atomic E-state index is -1.94. The summed E-state index contributed by atoms with van der Waals surface area (Å²) in [6, 6.07) is 9.20. The molecular formula is C6H5HfO2. The van der Waals surface area contributed by atoms with Crippen molar-refractivity contribution in [3.8, 4) is 5.75 Å². The quantitative estimate of drug-likeness (QED) is 0.769. The van der Waals surface area contributed by atoms with Crippen LogP contribution in [0.15, 0.2) is 30.3 Å². The summed E-state index contributed by atoms with van der Waals surface area (Å²) in [5, 5.41) is 0. The van der Waals surface area contributed by atoms with E-state index in [1.807, 2.05) is 18.2 Å². The molecule has 0 aliphatic heterocycles. The summed E-state index contributed by atoms with van der Waals surface area (Å²) in [5.74, 6) is 0.718. The minimum absolute atomic E-state index is 0.718. The summed E-state index contributed by atoms with van der Waals surface area (Å²) in [6.07, 6.45) is 0. The fourth-order valence-electron chi connectivity index (χ4n) is 0.537. The van der Waals surface area contributed by atoms with Crippen LogP contribution in [0.25, 0.3) is 0 Å². The Kier molecular flexibility index (Phi) is 2.77. The summed E-state index contributed by atoms with van der Waals surface area (Å²) in [5.41, 5.74) is 0. The maximum absolute atomic E-state index is 10.1. The Morgan fingerprint density at radius 1 is 1.22 bits per heavy atom. The van der Waals surface area contributed by atoms with E-state index in [0.717, 1.165) is 5.75 Å². The molecule has 0 saturated heterocycles. The van der Waals surface area contributed by atoms with Crippen LogP contribution in [0.2, 0.25) is 0 Å². The van der Waals surface area contributed by atoms with Crippen LogP contribution in [0, 0.1) is 0 Å². The van der Waals surface area contributed by atoms with E-state index in [0.29, 0.717) is 0 Å². The van der Waals surface area contributed by atoms with Gasteiger partial charge in [-0.05, 0) is 0 Å². The summed E-state index contributed by atoms with van der Waals surface area (Å²) >= 11 is -1.94. The Labute approximate surface area is 65.2 Å². The standard InChI is InChI=1S/C6H6O.Hf.O/c7-6-4-2-1-3-5-6;;/h1-5,7H;;/q;+1;/p-1. The van der Waals surface area contributed by atoms with Crippen molar-refractivity contribution in [3.63, 3.8) is 0 Å². The van der Waals surface area contributed by atoms with Gasteiger partial charge in [-0.3, -0.25) is 0 Å². The molecule has 3 heteroatoms. The molecule has 1 aromatic rings. The van der Waals surface area contributed by atoms with Gasteiger partial charge in [-0.2, -0.15) is 0 Å². The summed E-state index contributed by atoms with van der Waals surface area (Å²) < 4.78 is 14.9. The van der Waals surface area contributed by atoms with Crippen molar-refractivity contribution in [1.29, 1.82) is 0 Å².